The molecule has 1 aliphatic rings. The molecule has 122 valence electrons. The van der Waals surface area contributed by atoms with E-state index in [4.69, 9.17) is 9.26 Å². The van der Waals surface area contributed by atoms with E-state index in [0.717, 1.165) is 24.4 Å². The summed E-state index contributed by atoms with van der Waals surface area (Å²) in [5.74, 6) is 1.70. The van der Waals surface area contributed by atoms with Crippen LogP contribution in [0.1, 0.15) is 24.2 Å². The molecular weight excluding hydrogens is 296 g/mol. The molecule has 1 unspecified atom stereocenters. The number of nitrogens with zero attached hydrogens (tertiary/aromatic N) is 3. The predicted molar refractivity (Wildman–Crippen MR) is 82.7 cm³/mol. The average Bonchev–Trinajstić information content (AvgIpc) is 2.88. The maximum absolute atomic E-state index is 11.3. The second-order valence-corrected chi connectivity index (χ2v) is 5.66. The Kier molecular flexibility index (Phi) is 4.57. The molecule has 0 aliphatic carbocycles. The van der Waals surface area contributed by atoms with Crippen LogP contribution in [0.5, 0.6) is 5.75 Å². The lowest BCUT2D eigenvalue weighted by atomic mass is 10.2. The van der Waals surface area contributed by atoms with Gasteiger partial charge in [-0.15, -0.1) is 0 Å². The van der Waals surface area contributed by atoms with E-state index >= 15 is 0 Å². The number of carbonyl (C=O) groups is 1. The molecule has 0 fully saturated rings. The standard InChI is InChI=1S/C16H20N4O3/c1-11-8-20(9-12-5-3-4-6-13(12)22-11)10-16-18-14(19-23-16)7-15(21)17-2/h3-6,11H,7-10H2,1-2H3,(H,17,21). The summed E-state index contributed by atoms with van der Waals surface area (Å²) in [6.45, 7) is 4.10. The van der Waals surface area contributed by atoms with Crippen LogP contribution in [0.3, 0.4) is 0 Å². The van der Waals surface area contributed by atoms with E-state index in [0.29, 0.717) is 18.3 Å². The highest BCUT2D eigenvalue weighted by molar-refractivity contribution is 5.77. The fourth-order valence-electron chi connectivity index (χ4n) is 2.64. The van der Waals surface area contributed by atoms with E-state index in [1.165, 1.54) is 0 Å². The van der Waals surface area contributed by atoms with Gasteiger partial charge in [-0.3, -0.25) is 9.69 Å². The normalized spacial score (nSPS) is 17.9. The molecule has 0 bridgehead atoms. The fourth-order valence-corrected chi connectivity index (χ4v) is 2.64. The van der Waals surface area contributed by atoms with Gasteiger partial charge < -0.3 is 14.6 Å². The van der Waals surface area contributed by atoms with Gasteiger partial charge in [0.25, 0.3) is 0 Å². The molecule has 1 aliphatic heterocycles. The molecule has 0 saturated heterocycles. The highest BCUT2D eigenvalue weighted by atomic mass is 16.5. The second kappa shape index (κ2) is 6.78. The molecule has 1 aromatic carbocycles. The van der Waals surface area contributed by atoms with Gasteiger partial charge in [0, 0.05) is 25.7 Å². The van der Waals surface area contributed by atoms with Crippen LogP contribution < -0.4 is 10.1 Å². The molecule has 2 heterocycles. The Labute approximate surface area is 134 Å². The largest absolute Gasteiger partial charge is 0.489 e. The van der Waals surface area contributed by atoms with Crippen LogP contribution >= 0.6 is 0 Å². The minimum Gasteiger partial charge on any atom is -0.489 e. The van der Waals surface area contributed by atoms with E-state index in [9.17, 15) is 4.79 Å². The first-order valence-electron chi connectivity index (χ1n) is 7.63. The van der Waals surface area contributed by atoms with Crippen LogP contribution in [0.15, 0.2) is 28.8 Å². The van der Waals surface area contributed by atoms with Crippen molar-refractivity contribution in [3.63, 3.8) is 0 Å². The lowest BCUT2D eigenvalue weighted by molar-refractivity contribution is -0.120. The van der Waals surface area contributed by atoms with Gasteiger partial charge in [-0.25, -0.2) is 0 Å². The maximum Gasteiger partial charge on any atom is 0.240 e. The van der Waals surface area contributed by atoms with Gasteiger partial charge in [0.05, 0.1) is 13.0 Å². The second-order valence-electron chi connectivity index (χ2n) is 5.66. The van der Waals surface area contributed by atoms with Crippen LogP contribution in [0.25, 0.3) is 0 Å². The van der Waals surface area contributed by atoms with Gasteiger partial charge in [0.2, 0.25) is 11.8 Å². The quantitative estimate of drug-likeness (QED) is 0.911. The molecule has 1 amide bonds. The molecule has 2 aromatic rings. The van der Waals surface area contributed by atoms with Crippen LogP contribution in [0, 0.1) is 0 Å². The number of benzene rings is 1. The topological polar surface area (TPSA) is 80.5 Å². The Bertz CT molecular complexity index is 685. The summed E-state index contributed by atoms with van der Waals surface area (Å²) in [5.41, 5.74) is 1.14. The third-order valence-electron chi connectivity index (χ3n) is 3.68. The lowest BCUT2D eigenvalue weighted by Gasteiger charge is -2.19. The van der Waals surface area contributed by atoms with Crippen LogP contribution in [-0.4, -0.2) is 40.6 Å². The van der Waals surface area contributed by atoms with Gasteiger partial charge in [0.1, 0.15) is 11.9 Å². The number of hydrogen-bond donors (Lipinski definition) is 1. The summed E-state index contributed by atoms with van der Waals surface area (Å²) in [5, 5.41) is 6.39. The SMILES string of the molecule is CNC(=O)Cc1noc(CN2Cc3ccccc3OC(C)C2)n1. The third-order valence-corrected chi connectivity index (χ3v) is 3.68. The van der Waals surface area contributed by atoms with E-state index in [2.05, 4.69) is 26.4 Å². The molecule has 23 heavy (non-hydrogen) atoms. The number of ether oxygens (including phenoxy) is 1. The highest BCUT2D eigenvalue weighted by Gasteiger charge is 2.22. The molecule has 1 atom stereocenters. The third kappa shape index (κ3) is 3.87. The molecule has 0 radical (unpaired) electrons. The first kappa shape index (κ1) is 15.5. The molecule has 0 saturated carbocycles. The summed E-state index contributed by atoms with van der Waals surface area (Å²) >= 11 is 0. The molecular formula is C16H20N4O3. The van der Waals surface area contributed by atoms with Crippen molar-refractivity contribution in [2.75, 3.05) is 13.6 Å². The van der Waals surface area contributed by atoms with E-state index in [1.807, 2.05) is 25.1 Å². The van der Waals surface area contributed by atoms with Crippen molar-refractivity contribution >= 4 is 5.91 Å². The predicted octanol–water partition coefficient (Wildman–Crippen LogP) is 1.14. The summed E-state index contributed by atoms with van der Waals surface area (Å²) < 4.78 is 11.2. The zero-order valence-corrected chi connectivity index (χ0v) is 13.3. The molecule has 1 N–H and O–H groups in total. The molecule has 7 heteroatoms. The van der Waals surface area contributed by atoms with Crippen molar-refractivity contribution < 1.29 is 14.1 Å². The van der Waals surface area contributed by atoms with E-state index < -0.39 is 0 Å². The van der Waals surface area contributed by atoms with Gasteiger partial charge >= 0.3 is 0 Å². The summed E-state index contributed by atoms with van der Waals surface area (Å²) in [6.07, 6.45) is 0.203. The number of amides is 1. The van der Waals surface area contributed by atoms with Crippen molar-refractivity contribution in [1.82, 2.24) is 20.4 Å². The summed E-state index contributed by atoms with van der Waals surface area (Å²) in [7, 11) is 1.58. The Morgan fingerprint density at radius 2 is 2.26 bits per heavy atom. The lowest BCUT2D eigenvalue weighted by Crippen LogP contribution is -2.30. The highest BCUT2D eigenvalue weighted by Crippen LogP contribution is 2.25. The number of para-hydroxylation sites is 1. The van der Waals surface area contributed by atoms with Crippen LogP contribution in [0.2, 0.25) is 0 Å². The summed E-state index contributed by atoms with van der Waals surface area (Å²) in [4.78, 5) is 17.8. The number of fused-ring (bicyclic) bond motifs is 1. The van der Waals surface area contributed by atoms with E-state index in [1.54, 1.807) is 7.05 Å². The number of nitrogens with one attached hydrogen (secondary N) is 1. The number of likely N-dealkylation sites (N-methyl/N-ethyl adjacent to an activating group) is 1. The monoisotopic (exact) mass is 316 g/mol. The number of carbonyl (C=O) groups excluding carboxylic acids is 1. The Morgan fingerprint density at radius 3 is 3.09 bits per heavy atom. The van der Waals surface area contributed by atoms with E-state index in [-0.39, 0.29) is 18.4 Å². The van der Waals surface area contributed by atoms with Gasteiger partial charge in [-0.05, 0) is 13.0 Å². The fraction of sp³-hybridized carbons (Fsp3) is 0.438. The smallest absolute Gasteiger partial charge is 0.240 e. The van der Waals surface area contributed by atoms with Gasteiger partial charge in [-0.1, -0.05) is 23.4 Å². The molecule has 7 nitrogen and oxygen atoms in total. The van der Waals surface area contributed by atoms with Crippen molar-refractivity contribution in [3.8, 4) is 5.75 Å². The molecule has 0 spiro atoms. The Hall–Kier alpha value is -2.41. The van der Waals surface area contributed by atoms with Crippen LogP contribution in [0.4, 0.5) is 0 Å². The molecule has 3 rings (SSSR count). The number of aromatic nitrogens is 2. The van der Waals surface area contributed by atoms with Crippen molar-refractivity contribution in [3.05, 3.63) is 41.5 Å². The average molecular weight is 316 g/mol. The first-order chi connectivity index (χ1) is 11.1. The zero-order chi connectivity index (χ0) is 16.2. The van der Waals surface area contributed by atoms with Gasteiger partial charge in [0.15, 0.2) is 5.82 Å². The Morgan fingerprint density at radius 1 is 1.43 bits per heavy atom. The van der Waals surface area contributed by atoms with Crippen LogP contribution in [-0.2, 0) is 24.3 Å². The number of rotatable bonds is 4. The Balaban J connectivity index is 1.69. The minimum absolute atomic E-state index is 0.0758. The van der Waals surface area contributed by atoms with Crippen molar-refractivity contribution in [1.29, 1.82) is 0 Å². The number of hydrogen-bond acceptors (Lipinski definition) is 6. The first-order valence-corrected chi connectivity index (χ1v) is 7.63. The van der Waals surface area contributed by atoms with Crippen molar-refractivity contribution in [2.24, 2.45) is 0 Å². The molecule has 1 aromatic heterocycles. The van der Waals surface area contributed by atoms with Gasteiger partial charge in [-0.2, -0.15) is 4.98 Å². The summed E-state index contributed by atoms with van der Waals surface area (Å²) in [6, 6.07) is 8.03. The minimum atomic E-state index is -0.136. The maximum atomic E-state index is 11.3. The zero-order valence-electron chi connectivity index (χ0n) is 13.3. The van der Waals surface area contributed by atoms with Crippen molar-refractivity contribution in [2.45, 2.75) is 32.5 Å².